The summed E-state index contributed by atoms with van der Waals surface area (Å²) in [6, 6.07) is 1.94. The molecule has 0 N–H and O–H groups in total. The van der Waals surface area contributed by atoms with Gasteiger partial charge in [0, 0.05) is 30.5 Å². The molecule has 1 aliphatic carbocycles. The third-order valence-corrected chi connectivity index (χ3v) is 6.91. The first-order valence-electron chi connectivity index (χ1n) is 10.4. The van der Waals surface area contributed by atoms with Crippen molar-refractivity contribution in [3.63, 3.8) is 0 Å². The average molecular weight is 436 g/mol. The summed E-state index contributed by atoms with van der Waals surface area (Å²) < 4.78 is 28.1. The van der Waals surface area contributed by atoms with Crippen LogP contribution in [0.25, 0.3) is 0 Å². The van der Waals surface area contributed by atoms with Crippen LogP contribution in [-0.4, -0.2) is 56.8 Å². The number of amides is 1. The van der Waals surface area contributed by atoms with Crippen LogP contribution in [0.3, 0.4) is 0 Å². The smallest absolute Gasteiger partial charge is 0.410 e. The van der Waals surface area contributed by atoms with Crippen molar-refractivity contribution in [3.05, 3.63) is 23.5 Å². The molecule has 1 aromatic heterocycles. The Bertz CT molecular complexity index is 834. The highest BCUT2D eigenvalue weighted by Gasteiger charge is 2.49. The maximum atomic E-state index is 12.9. The van der Waals surface area contributed by atoms with Crippen molar-refractivity contribution in [2.45, 2.75) is 71.2 Å². The molecule has 1 aromatic rings. The summed E-state index contributed by atoms with van der Waals surface area (Å²) in [6.45, 7) is 12.5. The number of piperidine rings is 1. The van der Waals surface area contributed by atoms with Crippen molar-refractivity contribution < 1.29 is 18.8 Å². The number of hydrogen-bond acceptors (Lipinski definition) is 6. The number of fused-ring (bicyclic) bond motifs is 1. The van der Waals surface area contributed by atoms with Gasteiger partial charge in [-0.1, -0.05) is 4.40 Å². The topological polar surface area (TPSA) is 87.1 Å². The molecule has 0 aromatic carbocycles. The van der Waals surface area contributed by atoms with Gasteiger partial charge in [0.1, 0.15) is 33.2 Å². The molecule has 30 heavy (non-hydrogen) atoms. The third kappa shape index (κ3) is 4.75. The number of ether oxygens (including phenoxy) is 2. The maximum Gasteiger partial charge on any atom is 0.410 e. The Labute approximate surface area is 182 Å². The minimum absolute atomic E-state index is 0.277. The first-order chi connectivity index (χ1) is 13.8. The average Bonchev–Trinajstić information content (AvgIpc) is 2.92. The van der Waals surface area contributed by atoms with E-state index >= 15 is 0 Å². The SMILES string of the molecule is COc1cnc2c(c1)/C(=N\[S@+]([O-])C(C)(C)C)C1(CCN(C(=O)OC(C)(C)C)CC1)C2. The van der Waals surface area contributed by atoms with E-state index < -0.39 is 21.7 Å². The van der Waals surface area contributed by atoms with Crippen LogP contribution in [0.4, 0.5) is 4.79 Å². The predicted molar refractivity (Wildman–Crippen MR) is 118 cm³/mol. The summed E-state index contributed by atoms with van der Waals surface area (Å²) in [5.74, 6) is 0.659. The molecule has 2 aliphatic rings. The minimum atomic E-state index is -1.39. The molecule has 2 heterocycles. The van der Waals surface area contributed by atoms with E-state index in [1.807, 2.05) is 47.6 Å². The minimum Gasteiger partial charge on any atom is -0.591 e. The van der Waals surface area contributed by atoms with Crippen molar-refractivity contribution >= 4 is 23.2 Å². The molecule has 8 heteroatoms. The van der Waals surface area contributed by atoms with Gasteiger partial charge in [0.25, 0.3) is 0 Å². The van der Waals surface area contributed by atoms with E-state index in [0.29, 0.717) is 18.8 Å². The van der Waals surface area contributed by atoms with E-state index in [1.54, 1.807) is 18.2 Å². The zero-order chi connectivity index (χ0) is 22.3. The second-order valence-corrected chi connectivity index (χ2v) is 12.0. The molecule has 0 saturated carbocycles. The lowest BCUT2D eigenvalue weighted by atomic mass is 9.75. The lowest BCUT2D eigenvalue weighted by molar-refractivity contribution is 0.0159. The fraction of sp³-hybridized carbons (Fsp3) is 0.682. The summed E-state index contributed by atoms with van der Waals surface area (Å²) in [7, 11) is 1.61. The van der Waals surface area contributed by atoms with Crippen molar-refractivity contribution in [2.24, 2.45) is 9.81 Å². The molecule has 1 atom stereocenters. The molecule has 1 aliphatic heterocycles. The van der Waals surface area contributed by atoms with Gasteiger partial charge < -0.3 is 18.9 Å². The molecule has 0 bridgehead atoms. The van der Waals surface area contributed by atoms with E-state index in [0.717, 1.165) is 36.2 Å². The largest absolute Gasteiger partial charge is 0.591 e. The van der Waals surface area contributed by atoms with Crippen LogP contribution in [0.1, 0.15) is 65.6 Å². The van der Waals surface area contributed by atoms with Crippen molar-refractivity contribution in [1.29, 1.82) is 0 Å². The highest BCUT2D eigenvalue weighted by Crippen LogP contribution is 2.46. The Morgan fingerprint density at radius 3 is 2.40 bits per heavy atom. The lowest BCUT2D eigenvalue weighted by Crippen LogP contribution is -2.47. The number of aromatic nitrogens is 1. The Morgan fingerprint density at radius 2 is 1.87 bits per heavy atom. The highest BCUT2D eigenvalue weighted by molar-refractivity contribution is 7.91. The van der Waals surface area contributed by atoms with Gasteiger partial charge in [-0.15, -0.1) is 0 Å². The summed E-state index contributed by atoms with van der Waals surface area (Å²) in [4.78, 5) is 18.9. The molecule has 1 saturated heterocycles. The molecule has 1 fully saturated rings. The van der Waals surface area contributed by atoms with Crippen molar-refractivity contribution in [2.75, 3.05) is 20.2 Å². The zero-order valence-electron chi connectivity index (χ0n) is 19.1. The molecule has 7 nitrogen and oxygen atoms in total. The number of rotatable bonds is 2. The molecule has 0 unspecified atom stereocenters. The number of hydrogen-bond donors (Lipinski definition) is 0. The maximum absolute atomic E-state index is 12.9. The van der Waals surface area contributed by atoms with E-state index in [9.17, 15) is 9.35 Å². The summed E-state index contributed by atoms with van der Waals surface area (Å²) in [5.41, 5.74) is 1.90. The summed E-state index contributed by atoms with van der Waals surface area (Å²) in [6.07, 6.45) is 3.61. The molecule has 166 valence electrons. The molecule has 1 amide bonds. The molecule has 0 radical (unpaired) electrons. The first kappa shape index (κ1) is 22.9. The van der Waals surface area contributed by atoms with Crippen LogP contribution in [0.5, 0.6) is 5.75 Å². The molecular weight excluding hydrogens is 402 g/mol. The van der Waals surface area contributed by atoms with Gasteiger partial charge >= 0.3 is 6.09 Å². The van der Waals surface area contributed by atoms with Crippen LogP contribution in [0, 0.1) is 5.41 Å². The number of carbonyl (C=O) groups is 1. The van der Waals surface area contributed by atoms with Gasteiger partial charge in [-0.3, -0.25) is 4.98 Å². The van der Waals surface area contributed by atoms with Crippen LogP contribution < -0.4 is 4.74 Å². The number of likely N-dealkylation sites (tertiary alicyclic amines) is 1. The van der Waals surface area contributed by atoms with Gasteiger partial charge in [-0.2, -0.15) is 0 Å². The van der Waals surface area contributed by atoms with E-state index in [4.69, 9.17) is 13.9 Å². The Hall–Kier alpha value is -1.80. The van der Waals surface area contributed by atoms with Crippen LogP contribution in [-0.2, 0) is 22.5 Å². The lowest BCUT2D eigenvalue weighted by Gasteiger charge is -2.39. The van der Waals surface area contributed by atoms with E-state index in [2.05, 4.69) is 4.98 Å². The molecular formula is C22H33N3O4S. The monoisotopic (exact) mass is 435 g/mol. The molecule has 1 spiro atoms. The van der Waals surface area contributed by atoms with Gasteiger partial charge in [-0.05, 0) is 60.5 Å². The van der Waals surface area contributed by atoms with E-state index in [-0.39, 0.29) is 11.5 Å². The van der Waals surface area contributed by atoms with Gasteiger partial charge in [0.2, 0.25) is 0 Å². The Morgan fingerprint density at radius 1 is 1.23 bits per heavy atom. The number of nitrogens with zero attached hydrogens (tertiary/aromatic N) is 3. The fourth-order valence-electron chi connectivity index (χ4n) is 3.84. The Kier molecular flexibility index (Phi) is 6.13. The van der Waals surface area contributed by atoms with Crippen LogP contribution in [0.2, 0.25) is 0 Å². The summed E-state index contributed by atoms with van der Waals surface area (Å²) >= 11 is -1.39. The quantitative estimate of drug-likeness (QED) is 0.657. The predicted octanol–water partition coefficient (Wildman–Crippen LogP) is 3.91. The highest BCUT2D eigenvalue weighted by atomic mass is 32.2. The fourth-order valence-corrected chi connectivity index (χ4v) is 4.58. The Balaban J connectivity index is 1.90. The molecule has 3 rings (SSSR count). The number of methoxy groups -OCH3 is 1. The van der Waals surface area contributed by atoms with Gasteiger partial charge in [0.05, 0.1) is 19.0 Å². The van der Waals surface area contributed by atoms with E-state index in [1.165, 1.54) is 0 Å². The number of carbonyl (C=O) groups excluding carboxylic acids is 1. The van der Waals surface area contributed by atoms with Crippen LogP contribution in [0.15, 0.2) is 16.7 Å². The van der Waals surface area contributed by atoms with Gasteiger partial charge in [0.15, 0.2) is 0 Å². The zero-order valence-corrected chi connectivity index (χ0v) is 19.9. The standard InChI is InChI=1S/C22H33N3O4S/c1-20(2,3)29-19(26)25-10-8-22(9-11-25)13-17-16(12-15(28-7)14-23-17)18(22)24-30(27)21(4,5)6/h12,14H,8-11,13H2,1-7H3/b24-18+/t30-/m1/s1. The van der Waals surface area contributed by atoms with Gasteiger partial charge in [-0.25, -0.2) is 4.79 Å². The van der Waals surface area contributed by atoms with Crippen molar-refractivity contribution in [1.82, 2.24) is 9.88 Å². The second kappa shape index (κ2) is 8.04. The first-order valence-corrected chi connectivity index (χ1v) is 11.5. The van der Waals surface area contributed by atoms with Crippen LogP contribution >= 0.6 is 0 Å². The normalized spacial score (nSPS) is 20.9. The number of pyridine rings is 1. The third-order valence-electron chi connectivity index (χ3n) is 5.51. The summed E-state index contributed by atoms with van der Waals surface area (Å²) in [5, 5.41) is 0. The van der Waals surface area contributed by atoms with Crippen molar-refractivity contribution in [3.8, 4) is 5.75 Å². The second-order valence-electron chi connectivity index (χ2n) is 10.1.